The molecule has 0 spiro atoms. The fraction of sp³-hybridized carbons (Fsp3) is 0.294. The normalized spacial score (nSPS) is 18.2. The average molecular weight is 285 g/mol. The quantitative estimate of drug-likeness (QED) is 0.917. The molecule has 4 nitrogen and oxygen atoms in total. The minimum atomic E-state index is 0.0866. The van der Waals surface area contributed by atoms with Crippen molar-refractivity contribution in [3.63, 3.8) is 0 Å². The lowest BCUT2D eigenvalue weighted by Crippen LogP contribution is -2.41. The van der Waals surface area contributed by atoms with E-state index in [1.807, 2.05) is 54.6 Å². The van der Waals surface area contributed by atoms with E-state index in [4.69, 9.17) is 14.2 Å². The van der Waals surface area contributed by atoms with Gasteiger partial charge in [0.2, 0.25) is 0 Å². The van der Waals surface area contributed by atoms with Gasteiger partial charge >= 0.3 is 0 Å². The number of ether oxygens (including phenoxy) is 3. The molecule has 1 fully saturated rings. The first kappa shape index (κ1) is 13.9. The van der Waals surface area contributed by atoms with E-state index in [1.54, 1.807) is 0 Å². The summed E-state index contributed by atoms with van der Waals surface area (Å²) in [4.78, 5) is 0. The van der Waals surface area contributed by atoms with Gasteiger partial charge in [0.25, 0.3) is 0 Å². The van der Waals surface area contributed by atoms with Crippen LogP contribution in [0.4, 0.5) is 0 Å². The molecular weight excluding hydrogens is 266 g/mol. The van der Waals surface area contributed by atoms with Crippen LogP contribution in [0.15, 0.2) is 54.6 Å². The lowest BCUT2D eigenvalue weighted by atomic mass is 10.3. The van der Waals surface area contributed by atoms with Crippen LogP contribution in [-0.2, 0) is 4.74 Å². The molecule has 1 aliphatic heterocycles. The number of benzene rings is 2. The zero-order valence-electron chi connectivity index (χ0n) is 11.8. The maximum absolute atomic E-state index is 5.87. The van der Waals surface area contributed by atoms with E-state index in [2.05, 4.69) is 5.32 Å². The first-order valence-electron chi connectivity index (χ1n) is 7.19. The van der Waals surface area contributed by atoms with Gasteiger partial charge in [0.15, 0.2) is 11.5 Å². The summed E-state index contributed by atoms with van der Waals surface area (Å²) in [5.74, 6) is 2.24. The summed E-state index contributed by atoms with van der Waals surface area (Å²) < 4.78 is 17.4. The second-order valence-electron chi connectivity index (χ2n) is 4.87. The first-order chi connectivity index (χ1) is 10.4. The summed E-state index contributed by atoms with van der Waals surface area (Å²) in [7, 11) is 0. The van der Waals surface area contributed by atoms with Gasteiger partial charge in [-0.25, -0.2) is 0 Å². The molecule has 2 aromatic carbocycles. The Bertz CT molecular complexity index is 553. The Balaban J connectivity index is 1.64. The van der Waals surface area contributed by atoms with E-state index in [0.29, 0.717) is 12.4 Å². The van der Waals surface area contributed by atoms with Crippen molar-refractivity contribution in [2.24, 2.45) is 0 Å². The molecule has 0 unspecified atom stereocenters. The third-order valence-corrected chi connectivity index (χ3v) is 3.25. The second-order valence-corrected chi connectivity index (χ2v) is 4.87. The van der Waals surface area contributed by atoms with Crippen molar-refractivity contribution in [3.05, 3.63) is 54.6 Å². The molecule has 110 valence electrons. The highest BCUT2D eigenvalue weighted by molar-refractivity contribution is 5.42. The van der Waals surface area contributed by atoms with Gasteiger partial charge in [-0.1, -0.05) is 30.3 Å². The highest BCUT2D eigenvalue weighted by Gasteiger charge is 2.15. The van der Waals surface area contributed by atoms with Crippen LogP contribution in [-0.4, -0.2) is 32.4 Å². The van der Waals surface area contributed by atoms with E-state index in [-0.39, 0.29) is 6.10 Å². The van der Waals surface area contributed by atoms with Crippen LogP contribution in [0.5, 0.6) is 17.2 Å². The van der Waals surface area contributed by atoms with Crippen LogP contribution in [0.1, 0.15) is 0 Å². The van der Waals surface area contributed by atoms with Crippen molar-refractivity contribution in [3.8, 4) is 17.2 Å². The standard InChI is InChI=1S/C17H19NO3/c1-2-6-14(7-3-1)21-17-9-5-4-8-16(17)20-13-15-12-18-10-11-19-15/h1-9,15,18H,10-13H2/t15-/m0/s1. The van der Waals surface area contributed by atoms with Gasteiger partial charge in [0.1, 0.15) is 18.5 Å². The van der Waals surface area contributed by atoms with Gasteiger partial charge in [-0.2, -0.15) is 0 Å². The number of hydrogen-bond acceptors (Lipinski definition) is 4. The fourth-order valence-corrected chi connectivity index (χ4v) is 2.18. The third kappa shape index (κ3) is 3.97. The van der Waals surface area contributed by atoms with E-state index in [9.17, 15) is 0 Å². The number of para-hydroxylation sites is 3. The largest absolute Gasteiger partial charge is 0.487 e. The second kappa shape index (κ2) is 7.11. The minimum Gasteiger partial charge on any atom is -0.487 e. The summed E-state index contributed by atoms with van der Waals surface area (Å²) in [6, 6.07) is 17.4. The summed E-state index contributed by atoms with van der Waals surface area (Å²) in [6.45, 7) is 2.98. The van der Waals surface area contributed by atoms with Crippen molar-refractivity contribution in [1.29, 1.82) is 0 Å². The fourth-order valence-electron chi connectivity index (χ4n) is 2.18. The van der Waals surface area contributed by atoms with Crippen molar-refractivity contribution in [1.82, 2.24) is 5.32 Å². The molecule has 3 rings (SSSR count). The molecule has 1 heterocycles. The zero-order chi connectivity index (χ0) is 14.3. The highest BCUT2D eigenvalue weighted by atomic mass is 16.5. The van der Waals surface area contributed by atoms with Crippen LogP contribution in [0, 0.1) is 0 Å². The lowest BCUT2D eigenvalue weighted by molar-refractivity contribution is -0.000180. The van der Waals surface area contributed by atoms with Crippen LogP contribution < -0.4 is 14.8 Å². The molecule has 2 aromatic rings. The van der Waals surface area contributed by atoms with Gasteiger partial charge in [-0.3, -0.25) is 0 Å². The molecule has 4 heteroatoms. The van der Waals surface area contributed by atoms with Gasteiger partial charge in [0, 0.05) is 13.1 Å². The van der Waals surface area contributed by atoms with Crippen molar-refractivity contribution >= 4 is 0 Å². The number of hydrogen-bond donors (Lipinski definition) is 1. The van der Waals surface area contributed by atoms with Gasteiger partial charge in [-0.15, -0.1) is 0 Å². The van der Waals surface area contributed by atoms with Crippen LogP contribution in [0.25, 0.3) is 0 Å². The Morgan fingerprint density at radius 3 is 2.52 bits per heavy atom. The monoisotopic (exact) mass is 285 g/mol. The van der Waals surface area contributed by atoms with Gasteiger partial charge < -0.3 is 19.5 Å². The Hall–Kier alpha value is -2.04. The van der Waals surface area contributed by atoms with Gasteiger partial charge in [-0.05, 0) is 24.3 Å². The molecule has 0 aliphatic carbocycles. The minimum absolute atomic E-state index is 0.0866. The Labute approximate surface area is 124 Å². The Morgan fingerprint density at radius 1 is 1.00 bits per heavy atom. The summed E-state index contributed by atoms with van der Waals surface area (Å²) >= 11 is 0. The molecule has 0 amide bonds. The highest BCUT2D eigenvalue weighted by Crippen LogP contribution is 2.31. The molecule has 21 heavy (non-hydrogen) atoms. The van der Waals surface area contributed by atoms with Crippen LogP contribution in [0.3, 0.4) is 0 Å². The summed E-state index contributed by atoms with van der Waals surface area (Å²) in [5, 5.41) is 3.29. The Morgan fingerprint density at radius 2 is 1.76 bits per heavy atom. The third-order valence-electron chi connectivity index (χ3n) is 3.25. The number of morpholine rings is 1. The predicted molar refractivity (Wildman–Crippen MR) is 81.1 cm³/mol. The maximum atomic E-state index is 5.87. The van der Waals surface area contributed by atoms with Crippen molar-refractivity contribution in [2.45, 2.75) is 6.10 Å². The molecule has 0 saturated carbocycles. The van der Waals surface area contributed by atoms with E-state index in [1.165, 1.54) is 0 Å². The number of nitrogens with one attached hydrogen (secondary N) is 1. The Kier molecular flexibility index (Phi) is 4.71. The molecular formula is C17H19NO3. The van der Waals surface area contributed by atoms with Crippen LogP contribution in [0.2, 0.25) is 0 Å². The van der Waals surface area contributed by atoms with Crippen molar-refractivity contribution in [2.75, 3.05) is 26.3 Å². The van der Waals surface area contributed by atoms with E-state index < -0.39 is 0 Å². The summed E-state index contributed by atoms with van der Waals surface area (Å²) in [6.07, 6.45) is 0.0866. The first-order valence-corrected chi connectivity index (χ1v) is 7.19. The molecule has 1 atom stereocenters. The smallest absolute Gasteiger partial charge is 0.169 e. The molecule has 0 aromatic heterocycles. The molecule has 1 aliphatic rings. The van der Waals surface area contributed by atoms with Crippen LogP contribution >= 0.6 is 0 Å². The molecule has 1 saturated heterocycles. The topological polar surface area (TPSA) is 39.7 Å². The molecule has 0 radical (unpaired) electrons. The maximum Gasteiger partial charge on any atom is 0.169 e. The van der Waals surface area contributed by atoms with E-state index >= 15 is 0 Å². The van der Waals surface area contributed by atoms with Crippen molar-refractivity contribution < 1.29 is 14.2 Å². The summed E-state index contributed by atoms with van der Waals surface area (Å²) in [5.41, 5.74) is 0. The SMILES string of the molecule is c1ccc(Oc2ccccc2OC[C@@H]2CNCCO2)cc1. The molecule has 1 N–H and O–H groups in total. The average Bonchev–Trinajstić information content (AvgIpc) is 2.56. The number of rotatable bonds is 5. The predicted octanol–water partition coefficient (Wildman–Crippen LogP) is 2.85. The lowest BCUT2D eigenvalue weighted by Gasteiger charge is -2.24. The molecule has 0 bridgehead atoms. The van der Waals surface area contributed by atoms with E-state index in [0.717, 1.165) is 31.2 Å². The van der Waals surface area contributed by atoms with Gasteiger partial charge in [0.05, 0.1) is 6.61 Å². The zero-order valence-corrected chi connectivity index (χ0v) is 11.8.